The van der Waals surface area contributed by atoms with Gasteiger partial charge in [0.15, 0.2) is 0 Å². The molecule has 1 rings (SSSR count). The van der Waals surface area contributed by atoms with Gasteiger partial charge in [0.25, 0.3) is 0 Å². The van der Waals surface area contributed by atoms with Crippen LogP contribution in [0.4, 0.5) is 0 Å². The Morgan fingerprint density at radius 2 is 2.11 bits per heavy atom. The van der Waals surface area contributed by atoms with Crippen molar-refractivity contribution in [2.24, 2.45) is 0 Å². The third-order valence-corrected chi connectivity index (χ3v) is 4.15. The highest BCUT2D eigenvalue weighted by Crippen LogP contribution is 2.28. The Hall–Kier alpha value is -0.870. The Morgan fingerprint density at radius 3 is 2.72 bits per heavy atom. The molecule has 0 saturated carbocycles. The molecule has 1 aromatic carbocycles. The number of rotatable bonds is 7. The topological polar surface area (TPSA) is 41.5 Å². The minimum Gasteiger partial charge on any atom is -0.508 e. The summed E-state index contributed by atoms with van der Waals surface area (Å²) in [5.41, 5.74) is 0.881. The maximum absolute atomic E-state index is 9.86. The van der Waals surface area contributed by atoms with E-state index >= 15 is 0 Å². The second-order valence-corrected chi connectivity index (χ2v) is 5.71. The van der Waals surface area contributed by atoms with Gasteiger partial charge in [-0.25, -0.2) is 0 Å². The van der Waals surface area contributed by atoms with E-state index in [9.17, 15) is 5.11 Å². The zero-order valence-electron chi connectivity index (χ0n) is 11.6. The number of hydrogen-bond acceptors (Lipinski definition) is 4. The maximum Gasteiger partial charge on any atom is 0.120 e. The second-order valence-electron chi connectivity index (χ2n) is 4.44. The van der Waals surface area contributed by atoms with E-state index in [0.29, 0.717) is 11.0 Å². The van der Waals surface area contributed by atoms with Gasteiger partial charge < -0.3 is 15.2 Å². The average Bonchev–Trinajstić information content (AvgIpc) is 2.38. The molecule has 0 heterocycles. The van der Waals surface area contributed by atoms with Crippen LogP contribution < -0.4 is 10.1 Å². The third kappa shape index (κ3) is 4.42. The summed E-state index contributed by atoms with van der Waals surface area (Å²) in [5.74, 6) is 1.09. The van der Waals surface area contributed by atoms with Crippen LogP contribution in [0, 0.1) is 0 Å². The predicted octanol–water partition coefficient (Wildman–Crippen LogP) is 3.19. The van der Waals surface area contributed by atoms with Crippen LogP contribution in [0.1, 0.15) is 31.9 Å². The summed E-state index contributed by atoms with van der Waals surface area (Å²) in [6.07, 6.45) is 3.25. The van der Waals surface area contributed by atoms with Crippen molar-refractivity contribution in [1.29, 1.82) is 0 Å². The summed E-state index contributed by atoms with van der Waals surface area (Å²) in [7, 11) is 1.63. The van der Waals surface area contributed by atoms with Gasteiger partial charge in [-0.05, 0) is 44.3 Å². The Labute approximate surface area is 114 Å². The first-order chi connectivity index (χ1) is 8.58. The molecule has 0 bridgehead atoms. The van der Waals surface area contributed by atoms with E-state index in [1.54, 1.807) is 19.2 Å². The molecule has 0 saturated heterocycles. The molecule has 1 aromatic rings. The summed E-state index contributed by atoms with van der Waals surface area (Å²) >= 11 is 1.87. The molecule has 0 fully saturated rings. The van der Waals surface area contributed by atoms with Crippen molar-refractivity contribution in [3.63, 3.8) is 0 Å². The molecule has 0 aliphatic rings. The van der Waals surface area contributed by atoms with Crippen LogP contribution in [0.2, 0.25) is 0 Å². The van der Waals surface area contributed by atoms with Crippen LogP contribution in [0.3, 0.4) is 0 Å². The number of benzene rings is 1. The highest BCUT2D eigenvalue weighted by atomic mass is 32.2. The zero-order chi connectivity index (χ0) is 13.5. The molecule has 3 nitrogen and oxygen atoms in total. The average molecular weight is 269 g/mol. The molecule has 18 heavy (non-hydrogen) atoms. The second kappa shape index (κ2) is 7.54. The summed E-state index contributed by atoms with van der Waals surface area (Å²) in [6.45, 7) is 5.22. The largest absolute Gasteiger partial charge is 0.508 e. The Morgan fingerprint density at radius 1 is 1.39 bits per heavy atom. The Balaban J connectivity index is 2.57. The zero-order valence-corrected chi connectivity index (χ0v) is 12.4. The SMILES string of the molecule is COc1ccc(O)c(C(C)NCCC(C)SC)c1. The number of ether oxygens (including phenoxy) is 1. The summed E-state index contributed by atoms with van der Waals surface area (Å²) in [5, 5.41) is 13.9. The molecule has 2 N–H and O–H groups in total. The summed E-state index contributed by atoms with van der Waals surface area (Å²) < 4.78 is 5.18. The fourth-order valence-corrected chi connectivity index (χ4v) is 2.09. The number of thioether (sulfide) groups is 1. The lowest BCUT2D eigenvalue weighted by Crippen LogP contribution is -2.22. The number of hydrogen-bond donors (Lipinski definition) is 2. The lowest BCUT2D eigenvalue weighted by atomic mass is 10.1. The Kier molecular flexibility index (Phi) is 6.36. The van der Waals surface area contributed by atoms with Crippen molar-refractivity contribution in [1.82, 2.24) is 5.32 Å². The normalized spacial score (nSPS) is 14.2. The first kappa shape index (κ1) is 15.2. The lowest BCUT2D eigenvalue weighted by molar-refractivity contribution is 0.407. The van der Waals surface area contributed by atoms with Gasteiger partial charge in [0.05, 0.1) is 7.11 Å². The van der Waals surface area contributed by atoms with Crippen molar-refractivity contribution in [3.05, 3.63) is 23.8 Å². The number of phenols is 1. The van der Waals surface area contributed by atoms with Crippen molar-refractivity contribution in [2.75, 3.05) is 19.9 Å². The minimum absolute atomic E-state index is 0.120. The first-order valence-corrected chi connectivity index (χ1v) is 7.50. The molecular weight excluding hydrogens is 246 g/mol. The number of phenolic OH excluding ortho intramolecular Hbond substituents is 1. The lowest BCUT2D eigenvalue weighted by Gasteiger charge is -2.17. The van der Waals surface area contributed by atoms with Crippen molar-refractivity contribution >= 4 is 11.8 Å². The minimum atomic E-state index is 0.120. The fraction of sp³-hybridized carbons (Fsp3) is 0.571. The summed E-state index contributed by atoms with van der Waals surface area (Å²) in [4.78, 5) is 0. The van der Waals surface area contributed by atoms with Crippen molar-refractivity contribution < 1.29 is 9.84 Å². The third-order valence-electron chi connectivity index (χ3n) is 3.10. The predicted molar refractivity (Wildman–Crippen MR) is 78.7 cm³/mol. The monoisotopic (exact) mass is 269 g/mol. The molecule has 0 aromatic heterocycles. The van der Waals surface area contributed by atoms with Gasteiger partial charge >= 0.3 is 0 Å². The van der Waals surface area contributed by atoms with E-state index in [4.69, 9.17) is 4.74 Å². The van der Waals surface area contributed by atoms with Gasteiger partial charge in [0.2, 0.25) is 0 Å². The molecule has 102 valence electrons. The standard InChI is InChI=1S/C14H23NO2S/c1-10(18-4)7-8-15-11(2)13-9-12(17-3)5-6-14(13)16/h5-6,9-11,15-16H,7-8H2,1-4H3. The molecule has 0 amide bonds. The Bertz CT molecular complexity index is 371. The molecule has 0 spiro atoms. The van der Waals surface area contributed by atoms with Gasteiger partial charge in [0.1, 0.15) is 11.5 Å². The molecule has 4 heteroatoms. The van der Waals surface area contributed by atoms with Crippen LogP contribution in [-0.4, -0.2) is 30.3 Å². The smallest absolute Gasteiger partial charge is 0.120 e. The van der Waals surface area contributed by atoms with Crippen LogP contribution in [0.15, 0.2) is 18.2 Å². The summed E-state index contributed by atoms with van der Waals surface area (Å²) in [6, 6.07) is 5.44. The van der Waals surface area contributed by atoms with Gasteiger partial charge in [-0.2, -0.15) is 11.8 Å². The van der Waals surface area contributed by atoms with Crippen LogP contribution >= 0.6 is 11.8 Å². The molecule has 0 aliphatic carbocycles. The van der Waals surface area contributed by atoms with Crippen LogP contribution in [-0.2, 0) is 0 Å². The molecular formula is C14H23NO2S. The van der Waals surface area contributed by atoms with E-state index in [1.807, 2.05) is 17.8 Å². The molecule has 2 unspecified atom stereocenters. The highest BCUT2D eigenvalue weighted by Gasteiger charge is 2.11. The maximum atomic E-state index is 9.86. The number of methoxy groups -OCH3 is 1. The van der Waals surface area contributed by atoms with Gasteiger partial charge in [0, 0.05) is 16.9 Å². The van der Waals surface area contributed by atoms with Gasteiger partial charge in [-0.1, -0.05) is 6.92 Å². The van der Waals surface area contributed by atoms with E-state index in [-0.39, 0.29) is 6.04 Å². The van der Waals surface area contributed by atoms with E-state index in [0.717, 1.165) is 24.3 Å². The van der Waals surface area contributed by atoms with E-state index in [1.165, 1.54) is 0 Å². The fourth-order valence-electron chi connectivity index (χ4n) is 1.74. The van der Waals surface area contributed by atoms with Crippen LogP contribution in [0.5, 0.6) is 11.5 Å². The number of nitrogens with one attached hydrogen (secondary N) is 1. The van der Waals surface area contributed by atoms with Crippen LogP contribution in [0.25, 0.3) is 0 Å². The molecule has 2 atom stereocenters. The molecule has 0 aliphatic heterocycles. The van der Waals surface area contributed by atoms with E-state index < -0.39 is 0 Å². The van der Waals surface area contributed by atoms with Gasteiger partial charge in [-0.3, -0.25) is 0 Å². The van der Waals surface area contributed by atoms with Crippen molar-refractivity contribution in [3.8, 4) is 11.5 Å². The quantitative estimate of drug-likeness (QED) is 0.797. The molecule has 0 radical (unpaired) electrons. The first-order valence-electron chi connectivity index (χ1n) is 6.21. The number of aromatic hydroxyl groups is 1. The van der Waals surface area contributed by atoms with E-state index in [2.05, 4.69) is 25.4 Å². The van der Waals surface area contributed by atoms with Gasteiger partial charge in [-0.15, -0.1) is 0 Å². The highest BCUT2D eigenvalue weighted by molar-refractivity contribution is 7.99. The van der Waals surface area contributed by atoms with Crippen molar-refractivity contribution in [2.45, 2.75) is 31.6 Å².